The molecule has 6 rings (SSSR count). The van der Waals surface area contributed by atoms with Gasteiger partial charge in [0.2, 0.25) is 11.9 Å². The van der Waals surface area contributed by atoms with Crippen LogP contribution >= 0.6 is 0 Å². The first-order chi connectivity index (χ1) is 14.5. The average molecular weight is 415 g/mol. The molecule has 4 fully saturated rings. The highest BCUT2D eigenvalue weighted by Crippen LogP contribution is 2.63. The molecule has 0 aromatic carbocycles. The van der Waals surface area contributed by atoms with Crippen molar-refractivity contribution in [3.05, 3.63) is 18.6 Å². The fourth-order valence-electron chi connectivity index (χ4n) is 4.81. The van der Waals surface area contributed by atoms with Crippen molar-refractivity contribution in [2.45, 2.75) is 31.3 Å². The Balaban J connectivity index is 1.22. The van der Waals surface area contributed by atoms with Crippen LogP contribution in [0.4, 0.5) is 12.0 Å². The van der Waals surface area contributed by atoms with Gasteiger partial charge in [0.1, 0.15) is 6.20 Å². The van der Waals surface area contributed by atoms with Crippen LogP contribution in [-0.4, -0.2) is 66.9 Å². The lowest BCUT2D eigenvalue weighted by Gasteiger charge is -2.45. The van der Waals surface area contributed by atoms with Crippen molar-refractivity contribution in [3.8, 4) is 11.7 Å². The van der Waals surface area contributed by atoms with Crippen molar-refractivity contribution in [1.29, 1.82) is 0 Å². The maximum Gasteiger partial charge on any atom is 0.312 e. The first-order valence-electron chi connectivity index (χ1n) is 10.1. The zero-order valence-corrected chi connectivity index (χ0v) is 17.2. The molecular formula is C20H25N5O5. The number of carbonyl (C=O) groups excluding carboxylic acids is 1. The first kappa shape index (κ1) is 19.3. The fourth-order valence-corrected chi connectivity index (χ4v) is 4.81. The SMILES string of the molecule is COC12CCC(C(=O)N(C)c3ncc(Oc4cnc(N5CCOCC5)nc4)o3)(C1)C2. The van der Waals surface area contributed by atoms with Crippen LogP contribution in [0.25, 0.3) is 0 Å². The minimum Gasteiger partial charge on any atom is -0.421 e. The Hall–Kier alpha value is -2.72. The summed E-state index contributed by atoms with van der Waals surface area (Å²) in [5.41, 5.74) is -0.474. The molecule has 1 saturated heterocycles. The summed E-state index contributed by atoms with van der Waals surface area (Å²) in [6.45, 7) is 2.86. The summed E-state index contributed by atoms with van der Waals surface area (Å²) in [4.78, 5) is 29.4. The van der Waals surface area contributed by atoms with E-state index in [0.717, 1.165) is 38.8 Å². The Labute approximate surface area is 174 Å². The molecule has 10 heteroatoms. The van der Waals surface area contributed by atoms with Gasteiger partial charge in [0.25, 0.3) is 0 Å². The van der Waals surface area contributed by atoms with Gasteiger partial charge in [0.05, 0.1) is 36.6 Å². The Morgan fingerprint density at radius 1 is 1.13 bits per heavy atom. The van der Waals surface area contributed by atoms with Gasteiger partial charge in [-0.1, -0.05) is 0 Å². The van der Waals surface area contributed by atoms with Gasteiger partial charge in [-0.2, -0.15) is 4.98 Å². The summed E-state index contributed by atoms with van der Waals surface area (Å²) in [7, 11) is 3.40. The van der Waals surface area contributed by atoms with Crippen LogP contribution < -0.4 is 14.5 Å². The Bertz CT molecular complexity index is 918. The number of hydrogen-bond acceptors (Lipinski definition) is 9. The second kappa shape index (κ2) is 7.21. The van der Waals surface area contributed by atoms with Crippen LogP contribution in [0.15, 0.2) is 23.0 Å². The third-order valence-corrected chi connectivity index (χ3v) is 6.46. The summed E-state index contributed by atoms with van der Waals surface area (Å²) in [6.07, 6.45) is 7.90. The summed E-state index contributed by atoms with van der Waals surface area (Å²) >= 11 is 0. The van der Waals surface area contributed by atoms with E-state index in [4.69, 9.17) is 18.6 Å². The van der Waals surface area contributed by atoms with Crippen molar-refractivity contribution < 1.29 is 23.4 Å². The Morgan fingerprint density at radius 3 is 2.53 bits per heavy atom. The standard InChI is InChI=1S/C20H25N5O5/c1-24(16(26)19-3-4-20(12-19,13-19)27-2)18-23-11-15(30-18)29-14-9-21-17(22-10-14)25-5-7-28-8-6-25/h9-11H,3-8,12-13H2,1-2H3. The van der Waals surface area contributed by atoms with Crippen LogP contribution in [0.5, 0.6) is 11.7 Å². The van der Waals surface area contributed by atoms with Crippen LogP contribution in [0.3, 0.4) is 0 Å². The summed E-state index contributed by atoms with van der Waals surface area (Å²) in [6, 6.07) is 0.206. The number of methoxy groups -OCH3 is 1. The highest BCUT2D eigenvalue weighted by atomic mass is 16.6. The second-order valence-electron chi connectivity index (χ2n) is 8.27. The zero-order valence-electron chi connectivity index (χ0n) is 17.2. The van der Waals surface area contributed by atoms with Gasteiger partial charge in [-0.05, 0) is 25.7 Å². The third kappa shape index (κ3) is 3.20. The number of morpholine rings is 1. The fraction of sp³-hybridized carbons (Fsp3) is 0.600. The van der Waals surface area contributed by atoms with Crippen molar-refractivity contribution in [3.63, 3.8) is 0 Å². The summed E-state index contributed by atoms with van der Waals surface area (Å²) in [5, 5.41) is 0. The van der Waals surface area contributed by atoms with E-state index >= 15 is 0 Å². The second-order valence-corrected chi connectivity index (χ2v) is 8.27. The molecule has 3 aliphatic carbocycles. The number of anilines is 2. The molecule has 3 saturated carbocycles. The normalized spacial score (nSPS) is 27.6. The maximum absolute atomic E-state index is 13.0. The molecule has 0 N–H and O–H groups in total. The lowest BCUT2D eigenvalue weighted by molar-refractivity contribution is -0.147. The number of hydrogen-bond donors (Lipinski definition) is 0. The molecule has 160 valence electrons. The molecule has 2 aromatic heterocycles. The van der Waals surface area contributed by atoms with E-state index < -0.39 is 0 Å². The highest BCUT2D eigenvalue weighted by molar-refractivity contribution is 5.97. The van der Waals surface area contributed by atoms with E-state index in [9.17, 15) is 4.79 Å². The van der Waals surface area contributed by atoms with E-state index in [0.29, 0.717) is 24.9 Å². The molecule has 1 amide bonds. The number of ether oxygens (including phenoxy) is 3. The van der Waals surface area contributed by atoms with E-state index in [1.54, 1.807) is 26.6 Å². The molecule has 1 aliphatic heterocycles. The van der Waals surface area contributed by atoms with Crippen LogP contribution in [0.2, 0.25) is 0 Å². The van der Waals surface area contributed by atoms with Crippen molar-refractivity contribution in [2.75, 3.05) is 50.3 Å². The first-order valence-corrected chi connectivity index (χ1v) is 10.1. The van der Waals surface area contributed by atoms with Gasteiger partial charge in [-0.15, -0.1) is 0 Å². The number of nitrogens with zero attached hydrogens (tertiary/aromatic N) is 5. The quantitative estimate of drug-likeness (QED) is 0.701. The molecule has 0 atom stereocenters. The van der Waals surface area contributed by atoms with Crippen molar-refractivity contribution in [1.82, 2.24) is 15.0 Å². The zero-order chi connectivity index (χ0) is 20.8. The van der Waals surface area contributed by atoms with Crippen LogP contribution in [0, 0.1) is 5.41 Å². The molecular weight excluding hydrogens is 390 g/mol. The molecule has 0 unspecified atom stereocenters. The van der Waals surface area contributed by atoms with Crippen LogP contribution in [-0.2, 0) is 14.3 Å². The van der Waals surface area contributed by atoms with Gasteiger partial charge in [0, 0.05) is 27.2 Å². The summed E-state index contributed by atoms with van der Waals surface area (Å²) in [5.74, 6) is 1.26. The van der Waals surface area contributed by atoms with Gasteiger partial charge in [-0.3, -0.25) is 9.69 Å². The number of rotatable bonds is 6. The highest BCUT2D eigenvalue weighted by Gasteiger charge is 2.65. The summed E-state index contributed by atoms with van der Waals surface area (Å²) < 4.78 is 22.2. The van der Waals surface area contributed by atoms with E-state index in [1.165, 1.54) is 11.1 Å². The minimum absolute atomic E-state index is 0.0132. The monoisotopic (exact) mass is 415 g/mol. The molecule has 10 nitrogen and oxygen atoms in total. The number of fused-ring (bicyclic) bond motifs is 1. The number of aromatic nitrogens is 3. The molecule has 2 aromatic rings. The average Bonchev–Trinajstić information content (AvgIpc) is 3.48. The molecule has 0 spiro atoms. The van der Waals surface area contributed by atoms with Crippen LogP contribution in [0.1, 0.15) is 25.7 Å². The van der Waals surface area contributed by atoms with Crippen molar-refractivity contribution >= 4 is 17.9 Å². The topological polar surface area (TPSA) is 103 Å². The number of carbonyl (C=O) groups is 1. The predicted molar refractivity (Wildman–Crippen MR) is 106 cm³/mol. The van der Waals surface area contributed by atoms with E-state index in [-0.39, 0.29) is 28.9 Å². The molecule has 4 aliphatic rings. The third-order valence-electron chi connectivity index (χ3n) is 6.46. The Morgan fingerprint density at radius 2 is 1.87 bits per heavy atom. The maximum atomic E-state index is 13.0. The number of oxazole rings is 1. The largest absolute Gasteiger partial charge is 0.421 e. The smallest absolute Gasteiger partial charge is 0.312 e. The predicted octanol–water partition coefficient (Wildman–Crippen LogP) is 2.02. The van der Waals surface area contributed by atoms with Gasteiger partial charge < -0.3 is 23.5 Å². The van der Waals surface area contributed by atoms with Crippen molar-refractivity contribution in [2.24, 2.45) is 5.41 Å². The molecule has 30 heavy (non-hydrogen) atoms. The minimum atomic E-state index is -0.358. The van der Waals surface area contributed by atoms with E-state index in [2.05, 4.69) is 19.9 Å². The molecule has 0 radical (unpaired) electrons. The lowest BCUT2D eigenvalue weighted by Crippen LogP contribution is -2.53. The van der Waals surface area contributed by atoms with E-state index in [1.807, 2.05) is 0 Å². The van der Waals surface area contributed by atoms with Gasteiger partial charge in [0.15, 0.2) is 5.75 Å². The number of amides is 1. The lowest BCUT2D eigenvalue weighted by atomic mass is 9.66. The molecule has 3 heterocycles. The van der Waals surface area contributed by atoms with Gasteiger partial charge in [-0.25, -0.2) is 9.97 Å². The Kier molecular flexibility index (Phi) is 4.62. The van der Waals surface area contributed by atoms with Gasteiger partial charge >= 0.3 is 12.0 Å². The molecule has 2 bridgehead atoms.